The molecule has 8 heteroatoms. The molecule has 0 bridgehead atoms. The predicted octanol–water partition coefficient (Wildman–Crippen LogP) is 2.79. The summed E-state index contributed by atoms with van der Waals surface area (Å²) in [6.07, 6.45) is -1.12. The van der Waals surface area contributed by atoms with Crippen molar-refractivity contribution >= 4 is 23.3 Å². The topological polar surface area (TPSA) is 119 Å². The van der Waals surface area contributed by atoms with E-state index < -0.39 is 22.9 Å². The normalized spacial score (nSPS) is 11.4. The fourth-order valence-corrected chi connectivity index (χ4v) is 2.01. The summed E-state index contributed by atoms with van der Waals surface area (Å²) in [4.78, 5) is 34.2. The van der Waals surface area contributed by atoms with Crippen molar-refractivity contribution in [2.75, 3.05) is 5.32 Å². The summed E-state index contributed by atoms with van der Waals surface area (Å²) >= 11 is 0. The fraction of sp³-hybridized carbons (Fsp3) is 0.176. The molecule has 1 atom stereocenters. The molecular weight excluding hydrogens is 328 g/mol. The van der Waals surface area contributed by atoms with Gasteiger partial charge in [0, 0.05) is 17.8 Å². The molecular formula is C17H16N2O6. The molecule has 2 aromatic carbocycles. The molecule has 0 aliphatic heterocycles. The van der Waals surface area contributed by atoms with Gasteiger partial charge in [0.25, 0.3) is 11.6 Å². The maximum absolute atomic E-state index is 12.1. The summed E-state index contributed by atoms with van der Waals surface area (Å²) in [7, 11) is 0. The molecule has 0 saturated carbocycles. The van der Waals surface area contributed by atoms with Gasteiger partial charge in [-0.25, -0.2) is 4.79 Å². The number of hydrogen-bond acceptors (Lipinski definition) is 6. The quantitative estimate of drug-likeness (QED) is 0.489. The van der Waals surface area contributed by atoms with Crippen LogP contribution < -0.4 is 5.32 Å². The molecule has 1 amide bonds. The Balaban J connectivity index is 2.01. The van der Waals surface area contributed by atoms with E-state index in [-0.39, 0.29) is 17.0 Å². The van der Waals surface area contributed by atoms with Crippen LogP contribution in [0.1, 0.15) is 22.8 Å². The van der Waals surface area contributed by atoms with Gasteiger partial charge in [0.05, 0.1) is 4.92 Å². The second kappa shape index (κ2) is 7.43. The van der Waals surface area contributed by atoms with Crippen molar-refractivity contribution in [1.29, 1.82) is 0 Å². The maximum atomic E-state index is 12.1. The van der Waals surface area contributed by atoms with E-state index in [0.717, 1.165) is 0 Å². The highest BCUT2D eigenvalue weighted by Crippen LogP contribution is 2.22. The van der Waals surface area contributed by atoms with Crippen molar-refractivity contribution in [1.82, 2.24) is 0 Å². The van der Waals surface area contributed by atoms with Gasteiger partial charge in [0.15, 0.2) is 6.10 Å². The number of aromatic hydroxyl groups is 1. The number of benzene rings is 2. The van der Waals surface area contributed by atoms with Crippen LogP contribution in [0.2, 0.25) is 0 Å². The number of hydrogen-bond donors (Lipinski definition) is 2. The van der Waals surface area contributed by atoms with Crippen molar-refractivity contribution in [3.63, 3.8) is 0 Å². The zero-order valence-electron chi connectivity index (χ0n) is 13.6. The van der Waals surface area contributed by atoms with E-state index in [0.29, 0.717) is 11.3 Å². The molecule has 8 nitrogen and oxygen atoms in total. The number of ether oxygens (including phenoxy) is 1. The average Bonchev–Trinajstić information content (AvgIpc) is 2.57. The van der Waals surface area contributed by atoms with Gasteiger partial charge in [-0.15, -0.1) is 0 Å². The van der Waals surface area contributed by atoms with Gasteiger partial charge in [-0.2, -0.15) is 0 Å². The summed E-state index contributed by atoms with van der Waals surface area (Å²) < 4.78 is 5.05. The molecule has 0 heterocycles. The Labute approximate surface area is 143 Å². The summed E-state index contributed by atoms with van der Waals surface area (Å²) in [6.45, 7) is 3.02. The van der Waals surface area contributed by atoms with Crippen molar-refractivity contribution in [3.8, 4) is 5.75 Å². The van der Waals surface area contributed by atoms with Crippen LogP contribution in [0.5, 0.6) is 5.75 Å². The molecule has 0 radical (unpaired) electrons. The van der Waals surface area contributed by atoms with Crippen LogP contribution in [-0.4, -0.2) is 28.0 Å². The summed E-state index contributed by atoms with van der Waals surface area (Å²) in [5, 5.41) is 22.9. The third-order valence-corrected chi connectivity index (χ3v) is 3.46. The Morgan fingerprint density at radius 2 is 1.84 bits per heavy atom. The molecule has 0 aliphatic carbocycles. The summed E-state index contributed by atoms with van der Waals surface area (Å²) in [5.74, 6) is -1.63. The lowest BCUT2D eigenvalue weighted by Gasteiger charge is -2.14. The van der Waals surface area contributed by atoms with E-state index in [2.05, 4.69) is 5.32 Å². The Bertz CT molecular complexity index is 816. The van der Waals surface area contributed by atoms with Crippen LogP contribution in [0.15, 0.2) is 42.5 Å². The Morgan fingerprint density at radius 1 is 1.20 bits per heavy atom. The number of nitrogens with zero attached hydrogens (tertiary/aromatic N) is 1. The number of anilines is 1. The molecule has 0 saturated heterocycles. The van der Waals surface area contributed by atoms with Crippen LogP contribution in [-0.2, 0) is 9.53 Å². The number of aryl methyl sites for hydroxylation is 1. The molecule has 0 spiro atoms. The summed E-state index contributed by atoms with van der Waals surface area (Å²) in [6, 6.07) is 9.86. The fourth-order valence-electron chi connectivity index (χ4n) is 2.01. The Morgan fingerprint density at radius 3 is 2.44 bits per heavy atom. The zero-order valence-corrected chi connectivity index (χ0v) is 13.6. The Kier molecular flexibility index (Phi) is 5.33. The number of non-ortho nitro benzene ring substituents is 1. The maximum Gasteiger partial charge on any atom is 0.342 e. The van der Waals surface area contributed by atoms with E-state index in [9.17, 15) is 24.8 Å². The molecule has 0 fully saturated rings. The smallest absolute Gasteiger partial charge is 0.342 e. The van der Waals surface area contributed by atoms with Crippen molar-refractivity contribution in [2.45, 2.75) is 20.0 Å². The van der Waals surface area contributed by atoms with E-state index in [1.807, 2.05) is 0 Å². The number of esters is 1. The minimum atomic E-state index is -1.12. The van der Waals surface area contributed by atoms with Gasteiger partial charge >= 0.3 is 5.97 Å². The lowest BCUT2D eigenvalue weighted by molar-refractivity contribution is -0.384. The first-order chi connectivity index (χ1) is 11.8. The van der Waals surface area contributed by atoms with Gasteiger partial charge in [-0.3, -0.25) is 14.9 Å². The van der Waals surface area contributed by atoms with Crippen molar-refractivity contribution in [3.05, 3.63) is 63.7 Å². The van der Waals surface area contributed by atoms with Gasteiger partial charge < -0.3 is 15.2 Å². The number of phenols is 1. The predicted molar refractivity (Wildman–Crippen MR) is 89.4 cm³/mol. The van der Waals surface area contributed by atoms with Gasteiger partial charge in [0.2, 0.25) is 0 Å². The van der Waals surface area contributed by atoms with Crippen LogP contribution in [0, 0.1) is 17.0 Å². The monoisotopic (exact) mass is 344 g/mol. The van der Waals surface area contributed by atoms with Crippen LogP contribution in [0.4, 0.5) is 11.4 Å². The second-order valence-electron chi connectivity index (χ2n) is 5.31. The molecule has 0 aliphatic rings. The number of nitro groups is 1. The van der Waals surface area contributed by atoms with E-state index >= 15 is 0 Å². The van der Waals surface area contributed by atoms with Crippen molar-refractivity contribution in [2.24, 2.45) is 0 Å². The first-order valence-electron chi connectivity index (χ1n) is 7.34. The molecule has 2 aromatic rings. The molecule has 2 rings (SSSR count). The molecule has 25 heavy (non-hydrogen) atoms. The minimum absolute atomic E-state index is 0.0324. The van der Waals surface area contributed by atoms with E-state index in [1.54, 1.807) is 19.1 Å². The number of carbonyl (C=O) groups excluding carboxylic acids is 2. The molecule has 0 aromatic heterocycles. The number of phenolic OH excluding ortho intramolecular Hbond substituents is 1. The van der Waals surface area contributed by atoms with Gasteiger partial charge in [0.1, 0.15) is 11.3 Å². The number of amides is 1. The second-order valence-corrected chi connectivity index (χ2v) is 5.31. The molecule has 2 N–H and O–H groups in total. The number of para-hydroxylation sites is 1. The lowest BCUT2D eigenvalue weighted by Crippen LogP contribution is -2.30. The van der Waals surface area contributed by atoms with Gasteiger partial charge in [-0.1, -0.05) is 12.1 Å². The van der Waals surface area contributed by atoms with Crippen LogP contribution in [0.3, 0.4) is 0 Å². The third-order valence-electron chi connectivity index (χ3n) is 3.46. The average molecular weight is 344 g/mol. The van der Waals surface area contributed by atoms with E-state index in [4.69, 9.17) is 4.74 Å². The highest BCUT2D eigenvalue weighted by atomic mass is 16.6. The van der Waals surface area contributed by atoms with E-state index in [1.165, 1.54) is 37.3 Å². The number of carbonyl (C=O) groups is 2. The highest BCUT2D eigenvalue weighted by Gasteiger charge is 2.21. The van der Waals surface area contributed by atoms with Gasteiger partial charge in [-0.05, 0) is 37.6 Å². The standard InChI is InChI=1S/C17H16N2O6/c1-10-4-3-5-14(15(10)20)17(22)25-11(2)16(21)18-12-6-8-13(9-7-12)19(23)24/h3-9,11,20H,1-2H3,(H,18,21). The largest absolute Gasteiger partial charge is 0.507 e. The highest BCUT2D eigenvalue weighted by molar-refractivity contribution is 5.98. The number of rotatable bonds is 5. The van der Waals surface area contributed by atoms with Crippen molar-refractivity contribution < 1.29 is 24.4 Å². The molecule has 1 unspecified atom stereocenters. The first kappa shape index (κ1) is 17.9. The lowest BCUT2D eigenvalue weighted by atomic mass is 10.1. The number of nitrogens with one attached hydrogen (secondary N) is 1. The zero-order chi connectivity index (χ0) is 18.6. The minimum Gasteiger partial charge on any atom is -0.507 e. The molecule has 130 valence electrons. The third kappa shape index (κ3) is 4.31. The van der Waals surface area contributed by atoms with Crippen LogP contribution in [0.25, 0.3) is 0 Å². The first-order valence-corrected chi connectivity index (χ1v) is 7.34. The summed E-state index contributed by atoms with van der Waals surface area (Å²) in [5.41, 5.74) is 0.705. The van der Waals surface area contributed by atoms with Crippen LogP contribution >= 0.6 is 0 Å². The Hall–Kier alpha value is -3.42. The number of nitro benzene ring substituents is 1. The SMILES string of the molecule is Cc1cccc(C(=O)OC(C)C(=O)Nc2ccc([N+](=O)[O-])cc2)c1O.